The highest BCUT2D eigenvalue weighted by atomic mass is 15.2. The molecule has 2 nitrogen and oxygen atoms in total. The lowest BCUT2D eigenvalue weighted by atomic mass is 10.1. The Labute approximate surface area is 86.0 Å². The SMILES string of the molecule is CC(C)c1ccc(CN2CCC2)nc1. The van der Waals surface area contributed by atoms with Gasteiger partial charge in [-0.3, -0.25) is 9.88 Å². The highest BCUT2D eigenvalue weighted by Gasteiger charge is 2.14. The van der Waals surface area contributed by atoms with Gasteiger partial charge < -0.3 is 0 Å². The lowest BCUT2D eigenvalue weighted by molar-refractivity contribution is 0.170. The molecule has 14 heavy (non-hydrogen) atoms. The van der Waals surface area contributed by atoms with Crippen LogP contribution in [0.25, 0.3) is 0 Å². The normalized spacial score (nSPS) is 17.1. The third-order valence-corrected chi connectivity index (χ3v) is 2.85. The van der Waals surface area contributed by atoms with E-state index >= 15 is 0 Å². The topological polar surface area (TPSA) is 16.1 Å². The molecule has 1 aromatic rings. The van der Waals surface area contributed by atoms with Gasteiger partial charge in [0.1, 0.15) is 0 Å². The number of rotatable bonds is 3. The number of nitrogens with zero attached hydrogens (tertiary/aromatic N) is 2. The van der Waals surface area contributed by atoms with Crippen LogP contribution in [0, 0.1) is 0 Å². The van der Waals surface area contributed by atoms with Crippen molar-refractivity contribution in [1.29, 1.82) is 0 Å². The second-order valence-corrected chi connectivity index (χ2v) is 4.37. The van der Waals surface area contributed by atoms with E-state index < -0.39 is 0 Å². The van der Waals surface area contributed by atoms with E-state index in [1.165, 1.54) is 30.8 Å². The summed E-state index contributed by atoms with van der Waals surface area (Å²) in [6.07, 6.45) is 3.36. The standard InChI is InChI=1S/C12H18N2/c1-10(2)11-4-5-12(13-8-11)9-14-6-3-7-14/h4-5,8,10H,3,6-7,9H2,1-2H3. The number of hydrogen-bond donors (Lipinski definition) is 0. The second-order valence-electron chi connectivity index (χ2n) is 4.37. The van der Waals surface area contributed by atoms with Gasteiger partial charge in [-0.1, -0.05) is 19.9 Å². The van der Waals surface area contributed by atoms with Gasteiger partial charge in [-0.25, -0.2) is 0 Å². The van der Waals surface area contributed by atoms with Crippen molar-refractivity contribution < 1.29 is 0 Å². The van der Waals surface area contributed by atoms with E-state index in [-0.39, 0.29) is 0 Å². The van der Waals surface area contributed by atoms with Gasteiger partial charge in [0.15, 0.2) is 0 Å². The molecule has 1 aromatic heterocycles. The highest BCUT2D eigenvalue weighted by molar-refractivity contribution is 5.17. The third kappa shape index (κ3) is 2.13. The molecule has 0 spiro atoms. The number of hydrogen-bond acceptors (Lipinski definition) is 2. The number of aromatic nitrogens is 1. The van der Waals surface area contributed by atoms with Crippen LogP contribution in [-0.2, 0) is 6.54 Å². The third-order valence-electron chi connectivity index (χ3n) is 2.85. The molecule has 0 aromatic carbocycles. The first-order chi connectivity index (χ1) is 6.75. The second kappa shape index (κ2) is 4.09. The van der Waals surface area contributed by atoms with Crippen molar-refractivity contribution in [3.05, 3.63) is 29.6 Å². The fourth-order valence-electron chi connectivity index (χ4n) is 1.64. The molecule has 0 radical (unpaired) electrons. The van der Waals surface area contributed by atoms with Crippen molar-refractivity contribution in [3.8, 4) is 0 Å². The molecule has 0 N–H and O–H groups in total. The van der Waals surface area contributed by atoms with E-state index in [1.807, 2.05) is 6.20 Å². The molecule has 1 aliphatic heterocycles. The van der Waals surface area contributed by atoms with Gasteiger partial charge in [-0.05, 0) is 37.1 Å². The molecule has 76 valence electrons. The van der Waals surface area contributed by atoms with Gasteiger partial charge in [0.25, 0.3) is 0 Å². The number of likely N-dealkylation sites (tertiary alicyclic amines) is 1. The van der Waals surface area contributed by atoms with Gasteiger partial charge in [0, 0.05) is 12.7 Å². The molecule has 0 unspecified atom stereocenters. The van der Waals surface area contributed by atoms with Crippen LogP contribution in [0.4, 0.5) is 0 Å². The van der Waals surface area contributed by atoms with E-state index in [0.717, 1.165) is 6.54 Å². The van der Waals surface area contributed by atoms with Crippen LogP contribution < -0.4 is 0 Å². The average molecular weight is 190 g/mol. The minimum Gasteiger partial charge on any atom is -0.297 e. The molecule has 0 atom stereocenters. The van der Waals surface area contributed by atoms with E-state index in [4.69, 9.17) is 0 Å². The summed E-state index contributed by atoms with van der Waals surface area (Å²) in [5.74, 6) is 0.584. The van der Waals surface area contributed by atoms with Crippen molar-refractivity contribution in [1.82, 2.24) is 9.88 Å². The fourth-order valence-corrected chi connectivity index (χ4v) is 1.64. The summed E-state index contributed by atoms with van der Waals surface area (Å²) >= 11 is 0. The van der Waals surface area contributed by atoms with Gasteiger partial charge >= 0.3 is 0 Å². The zero-order valence-corrected chi connectivity index (χ0v) is 9.03. The Balaban J connectivity index is 1.98. The fraction of sp³-hybridized carbons (Fsp3) is 0.583. The van der Waals surface area contributed by atoms with Crippen LogP contribution in [-0.4, -0.2) is 23.0 Å². The molecule has 0 saturated carbocycles. The molecule has 0 aliphatic carbocycles. The molecule has 2 heteroatoms. The number of pyridine rings is 1. The van der Waals surface area contributed by atoms with Crippen molar-refractivity contribution in [2.45, 2.75) is 32.7 Å². The van der Waals surface area contributed by atoms with Gasteiger partial charge in [0.2, 0.25) is 0 Å². The maximum Gasteiger partial charge on any atom is 0.0544 e. The van der Waals surface area contributed by atoms with Crippen molar-refractivity contribution in [2.24, 2.45) is 0 Å². The van der Waals surface area contributed by atoms with E-state index in [9.17, 15) is 0 Å². The van der Waals surface area contributed by atoms with Crippen molar-refractivity contribution in [3.63, 3.8) is 0 Å². The van der Waals surface area contributed by atoms with Crippen LogP contribution in [0.2, 0.25) is 0 Å². The first-order valence-corrected chi connectivity index (χ1v) is 5.43. The summed E-state index contributed by atoms with van der Waals surface area (Å²) in [7, 11) is 0. The van der Waals surface area contributed by atoms with Gasteiger partial charge in [-0.15, -0.1) is 0 Å². The van der Waals surface area contributed by atoms with Crippen LogP contribution in [0.15, 0.2) is 18.3 Å². The van der Waals surface area contributed by atoms with Crippen LogP contribution in [0.1, 0.15) is 37.4 Å². The summed E-state index contributed by atoms with van der Waals surface area (Å²) in [4.78, 5) is 6.91. The Hall–Kier alpha value is -0.890. The smallest absolute Gasteiger partial charge is 0.0544 e. The van der Waals surface area contributed by atoms with Crippen LogP contribution in [0.5, 0.6) is 0 Å². The summed E-state index contributed by atoms with van der Waals surface area (Å²) in [5.41, 5.74) is 2.53. The maximum absolute atomic E-state index is 4.48. The minimum absolute atomic E-state index is 0.584. The lowest BCUT2D eigenvalue weighted by Gasteiger charge is -2.30. The lowest BCUT2D eigenvalue weighted by Crippen LogP contribution is -2.36. The zero-order chi connectivity index (χ0) is 9.97. The van der Waals surface area contributed by atoms with Crippen LogP contribution >= 0.6 is 0 Å². The van der Waals surface area contributed by atoms with E-state index in [2.05, 4.69) is 35.9 Å². The zero-order valence-electron chi connectivity index (χ0n) is 9.03. The molecule has 1 aliphatic rings. The Bertz CT molecular complexity index is 286. The average Bonchev–Trinajstić information content (AvgIpc) is 2.12. The summed E-state index contributed by atoms with van der Waals surface area (Å²) in [6.45, 7) is 7.91. The first kappa shape index (κ1) is 9.66. The van der Waals surface area contributed by atoms with Crippen molar-refractivity contribution in [2.75, 3.05) is 13.1 Å². The Kier molecular flexibility index (Phi) is 2.82. The first-order valence-electron chi connectivity index (χ1n) is 5.43. The monoisotopic (exact) mass is 190 g/mol. The van der Waals surface area contributed by atoms with Gasteiger partial charge in [0.05, 0.1) is 5.69 Å². The molecule has 0 bridgehead atoms. The predicted molar refractivity (Wildman–Crippen MR) is 58.2 cm³/mol. The van der Waals surface area contributed by atoms with Crippen molar-refractivity contribution >= 4 is 0 Å². The Morgan fingerprint density at radius 3 is 2.57 bits per heavy atom. The van der Waals surface area contributed by atoms with Crippen LogP contribution in [0.3, 0.4) is 0 Å². The Morgan fingerprint density at radius 1 is 1.36 bits per heavy atom. The minimum atomic E-state index is 0.584. The molecular formula is C12H18N2. The Morgan fingerprint density at radius 2 is 2.14 bits per heavy atom. The summed E-state index contributed by atoms with van der Waals surface area (Å²) < 4.78 is 0. The summed E-state index contributed by atoms with van der Waals surface area (Å²) in [5, 5.41) is 0. The van der Waals surface area contributed by atoms with E-state index in [1.54, 1.807) is 0 Å². The molecule has 0 amide bonds. The molecule has 2 rings (SSSR count). The molecule has 1 fully saturated rings. The highest BCUT2D eigenvalue weighted by Crippen LogP contribution is 2.15. The maximum atomic E-state index is 4.48. The predicted octanol–water partition coefficient (Wildman–Crippen LogP) is 2.41. The summed E-state index contributed by atoms with van der Waals surface area (Å²) in [6, 6.07) is 4.36. The quantitative estimate of drug-likeness (QED) is 0.727. The molecule has 1 saturated heterocycles. The largest absolute Gasteiger partial charge is 0.297 e. The molecule has 2 heterocycles. The van der Waals surface area contributed by atoms with Gasteiger partial charge in [-0.2, -0.15) is 0 Å². The molecular weight excluding hydrogens is 172 g/mol. The van der Waals surface area contributed by atoms with E-state index in [0.29, 0.717) is 5.92 Å².